The number of aryl methyl sites for hydroxylation is 1. The Balaban J connectivity index is 1.39. The van der Waals surface area contributed by atoms with Crippen LogP contribution < -0.4 is 21.5 Å². The summed E-state index contributed by atoms with van der Waals surface area (Å²) in [5.74, 6) is 6.50. The largest absolute Gasteiger partial charge is 0.444 e. The van der Waals surface area contributed by atoms with Gasteiger partial charge in [0.1, 0.15) is 11.2 Å². The minimum Gasteiger partial charge on any atom is -0.444 e. The van der Waals surface area contributed by atoms with Gasteiger partial charge >= 0.3 is 11.8 Å². The highest BCUT2D eigenvalue weighted by Gasteiger charge is 2.29. The zero-order chi connectivity index (χ0) is 31.2. The molecule has 1 fully saturated rings. The fourth-order valence-electron chi connectivity index (χ4n) is 5.80. The van der Waals surface area contributed by atoms with Crippen LogP contribution in [0.1, 0.15) is 46.2 Å². The maximum absolute atomic E-state index is 14.1. The number of hydrogen-bond donors (Lipinski definition) is 1. The van der Waals surface area contributed by atoms with Crippen molar-refractivity contribution < 1.29 is 9.53 Å². The number of carbonyl (C=O) groups is 1. The van der Waals surface area contributed by atoms with E-state index in [1.807, 2.05) is 72.8 Å². The molecule has 0 saturated carbocycles. The number of nitrogens with one attached hydrogen (secondary N) is 1. The number of nitrogens with zero attached hydrogens (tertiary/aromatic N) is 7. The number of imidazole rings is 2. The molecule has 1 aliphatic heterocycles. The Bertz CT molecular complexity index is 2080. The third-order valence-electron chi connectivity index (χ3n) is 7.77. The van der Waals surface area contributed by atoms with Crippen molar-refractivity contribution in [2.75, 3.05) is 18.0 Å². The molecule has 6 rings (SSSR count). The number of aromatic nitrogens is 6. The second-order valence-corrected chi connectivity index (χ2v) is 12.1. The molecule has 1 unspecified atom stereocenters. The smallest absolute Gasteiger partial charge is 0.407 e. The molecular formula is C32H36N8O4. The van der Waals surface area contributed by atoms with Gasteiger partial charge in [0.25, 0.3) is 5.56 Å². The molecular weight excluding hydrogens is 560 g/mol. The van der Waals surface area contributed by atoms with E-state index in [0.717, 1.165) is 29.3 Å². The molecule has 1 saturated heterocycles. The van der Waals surface area contributed by atoms with Gasteiger partial charge in [-0.3, -0.25) is 18.5 Å². The number of ether oxygens (including phenoxy) is 1. The first-order valence-corrected chi connectivity index (χ1v) is 14.7. The second-order valence-electron chi connectivity index (χ2n) is 12.1. The molecule has 228 valence electrons. The number of benzene rings is 1. The number of rotatable bonds is 5. The molecule has 0 aliphatic carbocycles. The lowest BCUT2D eigenvalue weighted by Crippen LogP contribution is -2.49. The molecule has 4 aromatic heterocycles. The summed E-state index contributed by atoms with van der Waals surface area (Å²) < 4.78 is 11.7. The van der Waals surface area contributed by atoms with Gasteiger partial charge in [0.05, 0.1) is 18.8 Å². The highest BCUT2D eigenvalue weighted by atomic mass is 16.6. The number of fused-ring (bicyclic) bond motifs is 4. The van der Waals surface area contributed by atoms with E-state index in [1.54, 1.807) is 18.5 Å². The molecule has 1 amide bonds. The summed E-state index contributed by atoms with van der Waals surface area (Å²) in [6.45, 7) is 8.58. The van der Waals surface area contributed by atoms with E-state index in [9.17, 15) is 14.4 Å². The van der Waals surface area contributed by atoms with E-state index in [0.29, 0.717) is 30.2 Å². The van der Waals surface area contributed by atoms with Gasteiger partial charge in [0.2, 0.25) is 5.95 Å². The maximum atomic E-state index is 14.1. The zero-order valence-electron chi connectivity index (χ0n) is 25.6. The van der Waals surface area contributed by atoms with Crippen LogP contribution in [0, 0.1) is 11.8 Å². The highest BCUT2D eigenvalue weighted by Crippen LogP contribution is 2.24. The number of alkyl carbamates (subject to hydrolysis) is 1. The fourth-order valence-corrected chi connectivity index (χ4v) is 5.80. The zero-order valence-corrected chi connectivity index (χ0v) is 25.6. The van der Waals surface area contributed by atoms with Gasteiger partial charge in [-0.05, 0) is 52.0 Å². The van der Waals surface area contributed by atoms with Crippen molar-refractivity contribution in [1.29, 1.82) is 0 Å². The molecule has 1 N–H and O–H groups in total. The van der Waals surface area contributed by atoms with Crippen LogP contribution in [0.15, 0.2) is 52.3 Å². The molecule has 1 aliphatic rings. The SMILES string of the molecule is CC#CCn1c(N2CCCC(NC(=O)OC(C)(C)C)C2)nc2c1c(=O)n(Cc1cn3ccc4ccccc4c3n1)c(=O)n2C. The molecule has 0 bridgehead atoms. The van der Waals surface area contributed by atoms with E-state index in [4.69, 9.17) is 14.7 Å². The summed E-state index contributed by atoms with van der Waals surface area (Å²) in [4.78, 5) is 51.7. The fraction of sp³-hybridized carbons (Fsp3) is 0.406. The number of piperidine rings is 1. The lowest BCUT2D eigenvalue weighted by Gasteiger charge is -2.34. The summed E-state index contributed by atoms with van der Waals surface area (Å²) in [6, 6.07) is 9.80. The van der Waals surface area contributed by atoms with Gasteiger partial charge in [0.15, 0.2) is 11.2 Å². The van der Waals surface area contributed by atoms with Gasteiger partial charge in [-0.1, -0.05) is 30.2 Å². The summed E-state index contributed by atoms with van der Waals surface area (Å²) >= 11 is 0. The van der Waals surface area contributed by atoms with Crippen LogP contribution in [0.25, 0.3) is 27.6 Å². The van der Waals surface area contributed by atoms with Gasteiger partial charge in [-0.2, -0.15) is 4.98 Å². The first kappa shape index (κ1) is 29.0. The number of carbonyl (C=O) groups excluding carboxylic acids is 1. The van der Waals surface area contributed by atoms with Crippen molar-refractivity contribution in [3.05, 3.63) is 69.3 Å². The Labute approximate surface area is 253 Å². The highest BCUT2D eigenvalue weighted by molar-refractivity contribution is 5.93. The molecule has 5 aromatic rings. The molecule has 0 radical (unpaired) electrons. The third-order valence-corrected chi connectivity index (χ3v) is 7.77. The van der Waals surface area contributed by atoms with Crippen molar-refractivity contribution in [3.8, 4) is 11.8 Å². The number of anilines is 1. The predicted octanol–water partition coefficient (Wildman–Crippen LogP) is 3.26. The lowest BCUT2D eigenvalue weighted by atomic mass is 10.1. The molecule has 12 nitrogen and oxygen atoms in total. The van der Waals surface area contributed by atoms with E-state index in [2.05, 4.69) is 17.2 Å². The minimum atomic E-state index is -0.604. The van der Waals surface area contributed by atoms with E-state index in [1.165, 1.54) is 9.13 Å². The number of amides is 1. The topological polar surface area (TPSA) is 121 Å². The Kier molecular flexibility index (Phi) is 7.41. The molecule has 44 heavy (non-hydrogen) atoms. The van der Waals surface area contributed by atoms with Crippen LogP contribution in [0.3, 0.4) is 0 Å². The van der Waals surface area contributed by atoms with Gasteiger partial charge in [-0.15, -0.1) is 5.92 Å². The summed E-state index contributed by atoms with van der Waals surface area (Å²) in [5, 5.41) is 5.01. The predicted molar refractivity (Wildman–Crippen MR) is 169 cm³/mol. The van der Waals surface area contributed by atoms with Crippen molar-refractivity contribution in [2.45, 2.75) is 65.3 Å². The van der Waals surface area contributed by atoms with Gasteiger partial charge < -0.3 is 19.4 Å². The number of pyridine rings is 1. The van der Waals surface area contributed by atoms with E-state index >= 15 is 0 Å². The monoisotopic (exact) mass is 596 g/mol. The van der Waals surface area contributed by atoms with Crippen molar-refractivity contribution in [1.82, 2.24) is 33.4 Å². The van der Waals surface area contributed by atoms with Crippen LogP contribution in [0.2, 0.25) is 0 Å². The van der Waals surface area contributed by atoms with Crippen LogP contribution in [0.5, 0.6) is 0 Å². The average Bonchev–Trinajstić information content (AvgIpc) is 3.58. The molecule has 1 atom stereocenters. The Morgan fingerprint density at radius 1 is 1.11 bits per heavy atom. The van der Waals surface area contributed by atoms with Crippen molar-refractivity contribution in [2.24, 2.45) is 7.05 Å². The van der Waals surface area contributed by atoms with Crippen LogP contribution >= 0.6 is 0 Å². The quantitative estimate of drug-likeness (QED) is 0.309. The molecule has 5 heterocycles. The summed E-state index contributed by atoms with van der Waals surface area (Å²) in [6.07, 6.45) is 4.88. The Morgan fingerprint density at radius 2 is 1.91 bits per heavy atom. The first-order chi connectivity index (χ1) is 21.0. The average molecular weight is 597 g/mol. The molecule has 1 aromatic carbocycles. The second kappa shape index (κ2) is 11.2. The van der Waals surface area contributed by atoms with Gasteiger partial charge in [0, 0.05) is 44.0 Å². The van der Waals surface area contributed by atoms with Crippen LogP contribution in [-0.4, -0.2) is 58.9 Å². The van der Waals surface area contributed by atoms with Crippen molar-refractivity contribution in [3.63, 3.8) is 0 Å². The maximum Gasteiger partial charge on any atom is 0.407 e. The normalized spacial score (nSPS) is 15.5. The third kappa shape index (κ3) is 5.41. The van der Waals surface area contributed by atoms with Gasteiger partial charge in [-0.25, -0.2) is 14.6 Å². The lowest BCUT2D eigenvalue weighted by molar-refractivity contribution is 0.0499. The van der Waals surface area contributed by atoms with Crippen LogP contribution in [-0.2, 0) is 24.9 Å². The summed E-state index contributed by atoms with van der Waals surface area (Å²) in [7, 11) is 1.62. The summed E-state index contributed by atoms with van der Waals surface area (Å²) in [5.41, 5.74) is 0.384. The number of hydrogen-bond acceptors (Lipinski definition) is 7. The van der Waals surface area contributed by atoms with E-state index < -0.39 is 22.9 Å². The first-order valence-electron chi connectivity index (χ1n) is 14.7. The minimum absolute atomic E-state index is 0.00300. The Morgan fingerprint density at radius 3 is 2.68 bits per heavy atom. The molecule has 12 heteroatoms. The Hall–Kier alpha value is -5.05. The van der Waals surface area contributed by atoms with Crippen molar-refractivity contribution >= 4 is 39.6 Å². The van der Waals surface area contributed by atoms with Crippen LogP contribution in [0.4, 0.5) is 10.7 Å². The standard InChI is InChI=1S/C32H36N8O4/c1-6-7-16-39-25-27(35-29(39)38-15-10-12-22(18-38)34-30(42)44-32(2,3)4)36(5)31(43)40(28(25)41)20-23-19-37-17-14-21-11-8-9-13-24(21)26(37)33-23/h8-9,11,13-14,17,19,22H,10,12,15-16,18,20H2,1-5H3,(H,34,42). The van der Waals surface area contributed by atoms with E-state index in [-0.39, 0.29) is 24.8 Å². The molecule has 0 spiro atoms.